The number of ether oxygens (including phenoxy) is 1. The molecule has 19 heavy (non-hydrogen) atoms. The topological polar surface area (TPSA) is 139 Å². The molecule has 1 aliphatic rings. The van der Waals surface area contributed by atoms with Crippen molar-refractivity contribution in [2.24, 2.45) is 0 Å². The number of aliphatic hydroxyl groups excluding tert-OH is 2. The molecular weight excluding hydrogens is 254 g/mol. The molecule has 2 aromatic rings. The number of hydrogen-bond donors (Lipinski definition) is 4. The first-order valence-electron chi connectivity index (χ1n) is 5.77. The summed E-state index contributed by atoms with van der Waals surface area (Å²) in [5.41, 5.74) is 5.72. The fourth-order valence-electron chi connectivity index (χ4n) is 2.21. The molecule has 2 aromatic heterocycles. The van der Waals surface area contributed by atoms with Crippen LogP contribution >= 0.6 is 0 Å². The van der Waals surface area contributed by atoms with E-state index in [-0.39, 0.29) is 24.5 Å². The van der Waals surface area contributed by atoms with Crippen LogP contribution in [-0.4, -0.2) is 48.5 Å². The van der Waals surface area contributed by atoms with Gasteiger partial charge in [0.1, 0.15) is 23.7 Å². The molecule has 0 aromatic carbocycles. The summed E-state index contributed by atoms with van der Waals surface area (Å²) >= 11 is 0. The number of nitrogens with two attached hydrogens (primary N) is 1. The van der Waals surface area contributed by atoms with Crippen molar-refractivity contribution in [2.45, 2.75) is 24.9 Å². The van der Waals surface area contributed by atoms with Gasteiger partial charge in [0.25, 0.3) is 0 Å². The summed E-state index contributed by atoms with van der Waals surface area (Å²) in [6.45, 7) is -0.277. The summed E-state index contributed by atoms with van der Waals surface area (Å²) in [7, 11) is 0. The first-order chi connectivity index (χ1) is 9.10. The van der Waals surface area contributed by atoms with Gasteiger partial charge in [0.15, 0.2) is 5.65 Å². The Morgan fingerprint density at radius 1 is 1.63 bits per heavy atom. The molecule has 3 atom stereocenters. The van der Waals surface area contributed by atoms with Crippen molar-refractivity contribution in [2.75, 3.05) is 12.3 Å². The number of nitrogen functional groups attached to an aromatic ring is 1. The van der Waals surface area contributed by atoms with E-state index in [9.17, 15) is 9.90 Å². The Morgan fingerprint density at radius 3 is 3.11 bits per heavy atom. The van der Waals surface area contributed by atoms with Crippen molar-refractivity contribution in [3.05, 3.63) is 16.8 Å². The second-order valence-electron chi connectivity index (χ2n) is 4.39. The van der Waals surface area contributed by atoms with E-state index in [2.05, 4.69) is 15.0 Å². The van der Waals surface area contributed by atoms with Crippen LogP contribution in [0.4, 0.5) is 5.82 Å². The lowest BCUT2D eigenvalue weighted by molar-refractivity contribution is -0.0432. The van der Waals surface area contributed by atoms with Gasteiger partial charge in [0.05, 0.1) is 19.0 Å². The van der Waals surface area contributed by atoms with Gasteiger partial charge < -0.3 is 20.7 Å². The SMILES string of the molecule is Nc1[nH]c(=O)nc2c1ncn2[C@H]1C[C@@H](O)[C@H](CO)O1. The summed E-state index contributed by atoms with van der Waals surface area (Å²) < 4.78 is 7.01. The Hall–Kier alpha value is -1.97. The number of fused-ring (bicyclic) bond motifs is 1. The maximum Gasteiger partial charge on any atom is 0.348 e. The molecule has 0 aliphatic carbocycles. The van der Waals surface area contributed by atoms with Crippen molar-refractivity contribution in [3.63, 3.8) is 0 Å². The molecule has 1 fully saturated rings. The van der Waals surface area contributed by atoms with Crippen LogP contribution in [-0.2, 0) is 4.74 Å². The van der Waals surface area contributed by atoms with Gasteiger partial charge in [0, 0.05) is 6.42 Å². The fraction of sp³-hybridized carbons (Fsp3) is 0.500. The van der Waals surface area contributed by atoms with E-state index in [1.54, 1.807) is 0 Å². The minimum atomic E-state index is -0.771. The van der Waals surface area contributed by atoms with Crippen LogP contribution in [0.3, 0.4) is 0 Å². The number of H-pyrrole nitrogens is 1. The predicted octanol–water partition coefficient (Wildman–Crippen LogP) is -1.66. The molecule has 1 aliphatic heterocycles. The summed E-state index contributed by atoms with van der Waals surface area (Å²) in [6.07, 6.45) is -0.233. The molecular formula is C10H13N5O4. The number of nitrogens with zero attached hydrogens (tertiary/aromatic N) is 3. The summed E-state index contributed by atoms with van der Waals surface area (Å²) in [4.78, 5) is 21.6. The third kappa shape index (κ3) is 1.87. The molecule has 9 heteroatoms. The van der Waals surface area contributed by atoms with E-state index in [1.165, 1.54) is 10.9 Å². The summed E-state index contributed by atoms with van der Waals surface area (Å²) in [5.74, 6) is 0.131. The highest BCUT2D eigenvalue weighted by molar-refractivity contribution is 5.81. The Balaban J connectivity index is 2.05. The zero-order valence-electron chi connectivity index (χ0n) is 9.85. The molecule has 3 heterocycles. The largest absolute Gasteiger partial charge is 0.394 e. The quantitative estimate of drug-likeness (QED) is 0.510. The monoisotopic (exact) mass is 267 g/mol. The molecule has 0 bridgehead atoms. The fourth-order valence-corrected chi connectivity index (χ4v) is 2.21. The van der Waals surface area contributed by atoms with Crippen LogP contribution in [0.2, 0.25) is 0 Å². The Labute approximate surface area is 106 Å². The highest BCUT2D eigenvalue weighted by Gasteiger charge is 2.35. The molecule has 0 radical (unpaired) electrons. The Kier molecular flexibility index (Phi) is 2.73. The Bertz CT molecular complexity index is 665. The van der Waals surface area contributed by atoms with Gasteiger partial charge in [-0.15, -0.1) is 0 Å². The first kappa shape index (κ1) is 12.1. The zero-order valence-corrected chi connectivity index (χ0v) is 9.85. The lowest BCUT2D eigenvalue weighted by Crippen LogP contribution is -2.24. The van der Waals surface area contributed by atoms with E-state index in [0.29, 0.717) is 5.52 Å². The zero-order chi connectivity index (χ0) is 13.6. The first-order valence-corrected chi connectivity index (χ1v) is 5.77. The van der Waals surface area contributed by atoms with Crippen LogP contribution in [0.15, 0.2) is 11.1 Å². The molecule has 0 spiro atoms. The number of aliphatic hydroxyl groups is 2. The van der Waals surface area contributed by atoms with Crippen LogP contribution in [0.5, 0.6) is 0 Å². The van der Waals surface area contributed by atoms with Crippen molar-refractivity contribution >= 4 is 17.0 Å². The Morgan fingerprint density at radius 2 is 2.42 bits per heavy atom. The van der Waals surface area contributed by atoms with E-state index < -0.39 is 24.1 Å². The van der Waals surface area contributed by atoms with E-state index in [4.69, 9.17) is 15.6 Å². The maximum absolute atomic E-state index is 11.3. The van der Waals surface area contributed by atoms with Gasteiger partial charge in [0.2, 0.25) is 0 Å². The summed E-state index contributed by atoms with van der Waals surface area (Å²) in [5, 5.41) is 18.8. The van der Waals surface area contributed by atoms with Gasteiger partial charge in [-0.3, -0.25) is 9.55 Å². The number of imidazole rings is 1. The molecule has 0 saturated carbocycles. The number of nitrogens with one attached hydrogen (secondary N) is 1. The van der Waals surface area contributed by atoms with Crippen LogP contribution in [0.25, 0.3) is 11.2 Å². The molecule has 1 saturated heterocycles. The lowest BCUT2D eigenvalue weighted by atomic mass is 10.2. The van der Waals surface area contributed by atoms with E-state index in [1.807, 2.05) is 0 Å². The average molecular weight is 267 g/mol. The van der Waals surface area contributed by atoms with Crippen molar-refractivity contribution in [3.8, 4) is 0 Å². The number of aromatic amines is 1. The predicted molar refractivity (Wildman–Crippen MR) is 64.2 cm³/mol. The van der Waals surface area contributed by atoms with E-state index in [0.717, 1.165) is 0 Å². The standard InChI is InChI=1S/C10H13N5O4/c11-8-7-9(14-10(18)13-8)15(3-12-7)6-1-4(17)5(2-16)19-6/h3-6,16-17H,1-2H2,(H3,11,13,14,18)/t4-,5+,6-/m1/s1. The summed E-state index contributed by atoms with van der Waals surface area (Å²) in [6, 6.07) is 0. The smallest absolute Gasteiger partial charge is 0.348 e. The average Bonchev–Trinajstić information content (AvgIpc) is 2.92. The van der Waals surface area contributed by atoms with Gasteiger partial charge in [-0.2, -0.15) is 4.98 Å². The highest BCUT2D eigenvalue weighted by atomic mass is 16.5. The lowest BCUT2D eigenvalue weighted by Gasteiger charge is -2.13. The van der Waals surface area contributed by atoms with Gasteiger partial charge in [-0.25, -0.2) is 9.78 Å². The highest BCUT2D eigenvalue weighted by Crippen LogP contribution is 2.30. The van der Waals surface area contributed by atoms with Crippen LogP contribution in [0, 0.1) is 0 Å². The second-order valence-corrected chi connectivity index (χ2v) is 4.39. The van der Waals surface area contributed by atoms with Crippen molar-refractivity contribution in [1.82, 2.24) is 19.5 Å². The molecule has 5 N–H and O–H groups in total. The minimum Gasteiger partial charge on any atom is -0.394 e. The molecule has 9 nitrogen and oxygen atoms in total. The molecule has 3 rings (SSSR count). The van der Waals surface area contributed by atoms with Crippen LogP contribution in [0.1, 0.15) is 12.6 Å². The third-order valence-corrected chi connectivity index (χ3v) is 3.17. The number of aromatic nitrogens is 4. The molecule has 0 unspecified atom stereocenters. The molecule has 102 valence electrons. The van der Waals surface area contributed by atoms with Gasteiger partial charge >= 0.3 is 5.69 Å². The van der Waals surface area contributed by atoms with Gasteiger partial charge in [-0.05, 0) is 0 Å². The normalized spacial score (nSPS) is 27.2. The minimum absolute atomic E-state index is 0.131. The van der Waals surface area contributed by atoms with E-state index >= 15 is 0 Å². The van der Waals surface area contributed by atoms with Crippen molar-refractivity contribution < 1.29 is 14.9 Å². The number of rotatable bonds is 2. The van der Waals surface area contributed by atoms with Gasteiger partial charge in [-0.1, -0.05) is 0 Å². The van der Waals surface area contributed by atoms with Crippen molar-refractivity contribution in [1.29, 1.82) is 0 Å². The number of anilines is 1. The maximum atomic E-state index is 11.3. The molecule has 0 amide bonds. The second kappa shape index (κ2) is 4.30. The number of hydrogen-bond acceptors (Lipinski definition) is 7. The third-order valence-electron chi connectivity index (χ3n) is 3.17. The van der Waals surface area contributed by atoms with Crippen LogP contribution < -0.4 is 11.4 Å².